The van der Waals surface area contributed by atoms with Crippen LogP contribution in [0, 0.1) is 5.92 Å². The van der Waals surface area contributed by atoms with Gasteiger partial charge in [-0.2, -0.15) is 10.2 Å². The normalized spacial score (nSPS) is 17.6. The molecule has 0 amide bonds. The van der Waals surface area contributed by atoms with Crippen LogP contribution >= 0.6 is 45.3 Å². The second-order valence-electron chi connectivity index (χ2n) is 20.2. The zero-order chi connectivity index (χ0) is 50.5. The second-order valence-corrected chi connectivity index (χ2v) is 24.5. The molecule has 10 rings (SSSR count). The third-order valence-corrected chi connectivity index (χ3v) is 19.0. The van der Waals surface area contributed by atoms with E-state index in [-0.39, 0.29) is 6.04 Å². The van der Waals surface area contributed by atoms with Crippen LogP contribution in [-0.2, 0) is 58.8 Å². The van der Waals surface area contributed by atoms with Crippen LogP contribution < -0.4 is 5.32 Å². The van der Waals surface area contributed by atoms with E-state index in [9.17, 15) is 9.59 Å². The summed E-state index contributed by atoms with van der Waals surface area (Å²) in [6.07, 6.45) is 19.4. The van der Waals surface area contributed by atoms with E-state index in [4.69, 9.17) is 19.4 Å². The van der Waals surface area contributed by atoms with Crippen molar-refractivity contribution in [3.8, 4) is 43.4 Å². The van der Waals surface area contributed by atoms with Gasteiger partial charge in [0, 0.05) is 133 Å². The number of ketones is 2. The van der Waals surface area contributed by atoms with Crippen molar-refractivity contribution in [1.29, 1.82) is 0 Å². The molecule has 1 aliphatic heterocycles. The Bertz CT molecular complexity index is 2940. The molecule has 0 spiro atoms. The third kappa shape index (κ3) is 12.1. The molecule has 11 nitrogen and oxygen atoms in total. The number of unbranched alkanes of at least 4 members (excludes halogenated alkanes) is 4. The van der Waals surface area contributed by atoms with Gasteiger partial charge in [0.15, 0.2) is 0 Å². The first-order chi connectivity index (χ1) is 34.8. The molecule has 0 fully saturated rings. The number of nitrogens with zero attached hydrogens (tertiary/aromatic N) is 6. The fourth-order valence-electron chi connectivity index (χ4n) is 10.6. The van der Waals surface area contributed by atoms with Crippen molar-refractivity contribution in [3.05, 3.63) is 91.8 Å². The van der Waals surface area contributed by atoms with Crippen molar-refractivity contribution in [1.82, 2.24) is 34.8 Å². The Kier molecular flexibility index (Phi) is 17.1. The van der Waals surface area contributed by atoms with Gasteiger partial charge >= 0.3 is 0 Å². The summed E-state index contributed by atoms with van der Waals surface area (Å²) in [6, 6.07) is 13.6. The molecule has 1 aliphatic carbocycles. The van der Waals surface area contributed by atoms with E-state index in [1.165, 1.54) is 57.6 Å². The lowest BCUT2D eigenvalue weighted by molar-refractivity contribution is -0.119. The molecule has 4 unspecified atom stereocenters. The Hall–Kier alpha value is -4.74. The minimum absolute atomic E-state index is 0.289. The predicted octanol–water partition coefficient (Wildman–Crippen LogP) is 13.8. The maximum atomic E-state index is 13.0. The van der Waals surface area contributed by atoms with Crippen molar-refractivity contribution in [2.45, 2.75) is 129 Å². The van der Waals surface area contributed by atoms with Crippen molar-refractivity contribution in [2.24, 2.45) is 20.0 Å². The maximum Gasteiger partial charge on any atom is 0.138 e. The number of hydrogen-bond donors (Lipinski definition) is 1. The molecule has 15 heteroatoms. The van der Waals surface area contributed by atoms with Crippen molar-refractivity contribution < 1.29 is 19.1 Å². The molecule has 72 heavy (non-hydrogen) atoms. The van der Waals surface area contributed by atoms with Crippen molar-refractivity contribution >= 4 is 77.3 Å². The van der Waals surface area contributed by atoms with Crippen LogP contribution in [0.2, 0.25) is 0 Å². The minimum atomic E-state index is 0.289. The number of carbonyl (C=O) groups is 2. The molecule has 1 N–H and O–H groups in total. The second kappa shape index (κ2) is 23.6. The number of ether oxygens (including phenoxy) is 2. The summed E-state index contributed by atoms with van der Waals surface area (Å²) in [7, 11) is 7.33. The molecule has 380 valence electrons. The maximum absolute atomic E-state index is 13.0. The number of fused-ring (bicyclic) bond motifs is 4. The van der Waals surface area contributed by atoms with Crippen LogP contribution in [0.3, 0.4) is 0 Å². The van der Waals surface area contributed by atoms with Gasteiger partial charge in [0.05, 0.1) is 32.8 Å². The highest BCUT2D eigenvalue weighted by molar-refractivity contribution is 7.22. The monoisotopic (exact) mass is 1040 g/mol. The first-order valence-corrected chi connectivity index (χ1v) is 29.0. The molecule has 0 radical (unpaired) electrons. The smallest absolute Gasteiger partial charge is 0.138 e. The summed E-state index contributed by atoms with van der Waals surface area (Å²) < 4.78 is 16.3. The fourth-order valence-corrected chi connectivity index (χ4v) is 15.6. The van der Waals surface area contributed by atoms with Crippen molar-refractivity contribution in [3.63, 3.8) is 0 Å². The number of hydrogen-bond acceptors (Lipinski definition) is 13. The quantitative estimate of drug-likeness (QED) is 0.0743. The van der Waals surface area contributed by atoms with E-state index in [0.29, 0.717) is 55.1 Å². The average Bonchev–Trinajstić information content (AvgIpc) is 4.22. The summed E-state index contributed by atoms with van der Waals surface area (Å²) in [5, 5.41) is 14.4. The van der Waals surface area contributed by atoms with Gasteiger partial charge in [-0.3, -0.25) is 19.0 Å². The summed E-state index contributed by atoms with van der Waals surface area (Å²) in [4.78, 5) is 41.5. The number of nitrogens with one attached hydrogen (secondary N) is 1. The SMILES string of the molecule is COCCCCCC(=O)Cc1sc2c(c1-c1nc3cc(-c4cnn(C)c4)ccc3s1)CC(C)CC2C.COCCCCCC(=O)Cc1sc2c(c1-c1nc3cc(-c4cnn(C)c4)ccc3s1)CC(C)NC2C. The largest absolute Gasteiger partial charge is 0.385 e. The molecular weight excluding hydrogens is 975 g/mol. The predicted molar refractivity (Wildman–Crippen MR) is 299 cm³/mol. The summed E-state index contributed by atoms with van der Waals surface area (Å²) in [5.74, 6) is 1.85. The summed E-state index contributed by atoms with van der Waals surface area (Å²) in [5.41, 5.74) is 11.8. The van der Waals surface area contributed by atoms with E-state index in [2.05, 4.69) is 79.6 Å². The number of rotatable bonds is 20. The van der Waals surface area contributed by atoms with Crippen LogP contribution in [0.15, 0.2) is 61.2 Å². The first-order valence-electron chi connectivity index (χ1n) is 25.7. The number of methoxy groups -OCH3 is 2. The molecule has 2 aromatic carbocycles. The lowest BCUT2D eigenvalue weighted by atomic mass is 9.81. The molecule has 0 saturated carbocycles. The molecule has 0 bridgehead atoms. The highest BCUT2D eigenvalue weighted by Crippen LogP contribution is 2.49. The zero-order valence-corrected chi connectivity index (χ0v) is 46.4. The Labute approximate surface area is 440 Å². The lowest BCUT2D eigenvalue weighted by Gasteiger charge is -2.26. The number of aromatic nitrogens is 6. The van der Waals surface area contributed by atoms with Crippen LogP contribution in [-0.4, -0.2) is 74.6 Å². The van der Waals surface area contributed by atoms with Gasteiger partial charge in [0.25, 0.3) is 0 Å². The molecule has 4 atom stereocenters. The lowest BCUT2D eigenvalue weighted by Crippen LogP contribution is -2.35. The molecule has 8 aromatic rings. The third-order valence-electron chi connectivity index (χ3n) is 14.0. The summed E-state index contributed by atoms with van der Waals surface area (Å²) >= 11 is 7.17. The van der Waals surface area contributed by atoms with E-state index in [1.54, 1.807) is 36.9 Å². The zero-order valence-electron chi connectivity index (χ0n) is 43.1. The molecule has 2 aliphatic rings. The van der Waals surface area contributed by atoms with Gasteiger partial charge < -0.3 is 14.8 Å². The molecular formula is C57H69N7O4S4. The Morgan fingerprint density at radius 3 is 1.62 bits per heavy atom. The number of thiazole rings is 2. The Morgan fingerprint density at radius 1 is 0.639 bits per heavy atom. The highest BCUT2D eigenvalue weighted by Gasteiger charge is 2.32. The van der Waals surface area contributed by atoms with Gasteiger partial charge in [0.1, 0.15) is 21.6 Å². The van der Waals surface area contributed by atoms with Crippen LogP contribution in [0.4, 0.5) is 0 Å². The van der Waals surface area contributed by atoms with Gasteiger partial charge in [-0.25, -0.2) is 9.97 Å². The minimum Gasteiger partial charge on any atom is -0.385 e. The van der Waals surface area contributed by atoms with Gasteiger partial charge in [-0.15, -0.1) is 45.3 Å². The highest BCUT2D eigenvalue weighted by atomic mass is 32.1. The van der Waals surface area contributed by atoms with E-state index in [1.807, 2.05) is 70.9 Å². The van der Waals surface area contributed by atoms with Crippen molar-refractivity contribution in [2.75, 3.05) is 27.4 Å². The van der Waals surface area contributed by atoms with Gasteiger partial charge in [-0.1, -0.05) is 38.8 Å². The Morgan fingerprint density at radius 2 is 1.14 bits per heavy atom. The average molecular weight is 1040 g/mol. The molecule has 6 aromatic heterocycles. The van der Waals surface area contributed by atoms with Crippen LogP contribution in [0.1, 0.15) is 128 Å². The number of benzene rings is 2. The van der Waals surface area contributed by atoms with Crippen LogP contribution in [0.5, 0.6) is 0 Å². The number of thiophene rings is 2. The molecule has 0 saturated heterocycles. The van der Waals surface area contributed by atoms with E-state index < -0.39 is 0 Å². The van der Waals surface area contributed by atoms with Gasteiger partial charge in [-0.05, 0) is 117 Å². The number of aryl methyl sites for hydroxylation is 2. The van der Waals surface area contributed by atoms with Crippen LogP contribution in [0.25, 0.3) is 63.8 Å². The summed E-state index contributed by atoms with van der Waals surface area (Å²) in [6.45, 7) is 10.7. The standard InChI is InChI=1S/C29H35N3O2S2.C28H34N4O2S2/c1-18-12-19(2)28-23(13-18)27(26(35-28)15-22(33)8-6-5-7-11-34-4)29-31-24-14-20(9-10-25(24)36-29)21-16-30-32(3)17-21;1-17-12-22-26(25(35-27(22)18(2)30-17)14-21(33)8-6-5-7-11-34-4)28-31-23-13-19(9-10-24(23)36-28)20-15-29-32(3)16-20/h9-10,14,16-19H,5-8,11-13,15H2,1-4H3;9-10,13,15-18,30H,5-8,11-12,14H2,1-4H3. The van der Waals surface area contributed by atoms with Gasteiger partial charge in [0.2, 0.25) is 0 Å². The topological polar surface area (TPSA) is 126 Å². The Balaban J connectivity index is 0.000000178. The van der Waals surface area contributed by atoms with E-state index in [0.717, 1.165) is 108 Å². The van der Waals surface area contributed by atoms with E-state index >= 15 is 0 Å². The first kappa shape index (κ1) is 52.1. The number of carbonyl (C=O) groups excluding carboxylic acids is 2. The fraction of sp³-hybridized carbons (Fsp3) is 0.474. The number of Topliss-reactive ketones (excluding diaryl/α,β-unsaturated/α-hetero) is 2. The molecule has 7 heterocycles.